The van der Waals surface area contributed by atoms with E-state index in [9.17, 15) is 4.79 Å². The minimum atomic E-state index is -0.296. The van der Waals surface area contributed by atoms with Crippen molar-refractivity contribution < 1.29 is 18.7 Å². The molecule has 0 spiro atoms. The van der Waals surface area contributed by atoms with Crippen molar-refractivity contribution in [2.24, 2.45) is 5.73 Å². The van der Waals surface area contributed by atoms with Crippen LogP contribution >= 0.6 is 11.3 Å². The van der Waals surface area contributed by atoms with Crippen LogP contribution < -0.4 is 10.5 Å². The predicted octanol–water partition coefficient (Wildman–Crippen LogP) is 5.48. The Hall–Kier alpha value is -3.09. The van der Waals surface area contributed by atoms with E-state index in [4.69, 9.17) is 19.6 Å². The Bertz CT molecular complexity index is 1170. The molecule has 0 aliphatic rings. The molecule has 0 aliphatic heterocycles. The van der Waals surface area contributed by atoms with Crippen molar-refractivity contribution in [3.05, 3.63) is 76.2 Å². The molecular formula is C24H23NO4S. The van der Waals surface area contributed by atoms with E-state index in [1.165, 1.54) is 7.11 Å². The normalized spacial score (nSPS) is 12.1. The predicted molar refractivity (Wildman–Crippen MR) is 119 cm³/mol. The van der Waals surface area contributed by atoms with Crippen molar-refractivity contribution in [3.8, 4) is 16.9 Å². The molecule has 4 rings (SSSR count). The lowest BCUT2D eigenvalue weighted by molar-refractivity contribution is -0.139. The fraction of sp³-hybridized carbons (Fsp3) is 0.208. The summed E-state index contributed by atoms with van der Waals surface area (Å²) in [7, 11) is 1.38. The van der Waals surface area contributed by atoms with Crippen LogP contribution in [0.4, 0.5) is 0 Å². The van der Waals surface area contributed by atoms with Gasteiger partial charge in [-0.2, -0.15) is 0 Å². The van der Waals surface area contributed by atoms with Gasteiger partial charge in [0.05, 0.1) is 19.8 Å². The van der Waals surface area contributed by atoms with Crippen molar-refractivity contribution >= 4 is 28.3 Å². The maximum atomic E-state index is 11.7. The number of methoxy groups -OCH3 is 1. The number of thiophene rings is 1. The molecule has 154 valence electrons. The number of rotatable bonds is 7. The molecule has 0 amide bonds. The van der Waals surface area contributed by atoms with Crippen LogP contribution in [0.15, 0.2) is 64.6 Å². The van der Waals surface area contributed by atoms with E-state index in [-0.39, 0.29) is 18.4 Å². The standard InChI is InChI=1S/C24H23NO4S/c1-15(25)22-11-19(14-30-22)20-10-16(9-18-7-8-28-24(18)20)13-29-21-6-4-3-5-17(21)12-23(26)27-2/h3-11,14-15H,12-13,25H2,1-2H3. The molecule has 0 fully saturated rings. The second kappa shape index (κ2) is 8.73. The van der Waals surface area contributed by atoms with Gasteiger partial charge in [0, 0.05) is 27.4 Å². The Kier molecular flexibility index (Phi) is 5.88. The summed E-state index contributed by atoms with van der Waals surface area (Å²) < 4.78 is 16.6. The van der Waals surface area contributed by atoms with Crippen molar-refractivity contribution in [1.29, 1.82) is 0 Å². The number of esters is 1. The molecule has 0 aliphatic carbocycles. The third-order valence-corrected chi connectivity index (χ3v) is 6.05. The quantitative estimate of drug-likeness (QED) is 0.400. The molecule has 2 heterocycles. The highest BCUT2D eigenvalue weighted by molar-refractivity contribution is 7.10. The number of fused-ring (bicyclic) bond motifs is 1. The first kappa shape index (κ1) is 20.2. The van der Waals surface area contributed by atoms with E-state index in [2.05, 4.69) is 23.6 Å². The molecule has 2 aromatic heterocycles. The highest BCUT2D eigenvalue weighted by Crippen LogP contribution is 2.35. The van der Waals surface area contributed by atoms with E-state index < -0.39 is 0 Å². The molecule has 0 radical (unpaired) electrons. The number of carbonyl (C=O) groups excluding carboxylic acids is 1. The van der Waals surface area contributed by atoms with Gasteiger partial charge < -0.3 is 19.6 Å². The highest BCUT2D eigenvalue weighted by atomic mass is 32.1. The Labute approximate surface area is 179 Å². The zero-order valence-electron chi connectivity index (χ0n) is 16.9. The Morgan fingerprint density at radius 3 is 2.80 bits per heavy atom. The number of hydrogen-bond donors (Lipinski definition) is 1. The van der Waals surface area contributed by atoms with Crippen LogP contribution in [0.5, 0.6) is 5.75 Å². The van der Waals surface area contributed by atoms with Gasteiger partial charge in [-0.25, -0.2) is 0 Å². The molecule has 1 unspecified atom stereocenters. The largest absolute Gasteiger partial charge is 0.489 e. The van der Waals surface area contributed by atoms with Crippen LogP contribution in [-0.2, 0) is 22.6 Å². The van der Waals surface area contributed by atoms with Gasteiger partial charge in [0.1, 0.15) is 17.9 Å². The Balaban J connectivity index is 1.62. The average molecular weight is 422 g/mol. The molecule has 0 saturated heterocycles. The maximum absolute atomic E-state index is 11.7. The first-order chi connectivity index (χ1) is 14.5. The van der Waals surface area contributed by atoms with Crippen molar-refractivity contribution in [1.82, 2.24) is 0 Å². The number of carbonyl (C=O) groups is 1. The lowest BCUT2D eigenvalue weighted by Gasteiger charge is -2.12. The minimum Gasteiger partial charge on any atom is -0.489 e. The summed E-state index contributed by atoms with van der Waals surface area (Å²) in [6.45, 7) is 2.35. The van der Waals surface area contributed by atoms with Crippen molar-refractivity contribution in [3.63, 3.8) is 0 Å². The van der Waals surface area contributed by atoms with Crippen LogP contribution in [0.3, 0.4) is 0 Å². The topological polar surface area (TPSA) is 74.7 Å². The molecule has 6 heteroatoms. The first-order valence-corrected chi connectivity index (χ1v) is 10.5. The van der Waals surface area contributed by atoms with Crippen molar-refractivity contribution in [2.45, 2.75) is 26.0 Å². The number of furan rings is 1. The van der Waals surface area contributed by atoms with Gasteiger partial charge in [0.2, 0.25) is 0 Å². The van der Waals surface area contributed by atoms with Crippen LogP contribution in [0, 0.1) is 0 Å². The molecular weight excluding hydrogens is 398 g/mol. The van der Waals surface area contributed by atoms with Crippen LogP contribution in [0.1, 0.15) is 29.0 Å². The number of para-hydroxylation sites is 1. The fourth-order valence-corrected chi connectivity index (χ4v) is 4.22. The average Bonchev–Trinajstić information content (AvgIpc) is 3.42. The summed E-state index contributed by atoms with van der Waals surface area (Å²) in [5.41, 5.74) is 10.8. The van der Waals surface area contributed by atoms with E-state index in [1.54, 1.807) is 17.6 Å². The lowest BCUT2D eigenvalue weighted by atomic mass is 10.0. The second-order valence-electron chi connectivity index (χ2n) is 7.16. The van der Waals surface area contributed by atoms with Crippen molar-refractivity contribution in [2.75, 3.05) is 7.11 Å². The van der Waals surface area contributed by atoms with Crippen LogP contribution in [0.2, 0.25) is 0 Å². The minimum absolute atomic E-state index is 0.00586. The van der Waals surface area contributed by atoms with Gasteiger partial charge in [-0.3, -0.25) is 4.79 Å². The first-order valence-electron chi connectivity index (χ1n) is 9.67. The number of benzene rings is 2. The van der Waals surface area contributed by atoms with E-state index >= 15 is 0 Å². The van der Waals surface area contributed by atoms with Gasteiger partial charge in [0.15, 0.2) is 0 Å². The molecule has 4 aromatic rings. The fourth-order valence-electron chi connectivity index (χ4n) is 3.35. The summed E-state index contributed by atoms with van der Waals surface area (Å²) in [5.74, 6) is 0.377. The summed E-state index contributed by atoms with van der Waals surface area (Å²) >= 11 is 1.65. The van der Waals surface area contributed by atoms with Gasteiger partial charge in [0.25, 0.3) is 0 Å². The monoisotopic (exact) mass is 421 g/mol. The maximum Gasteiger partial charge on any atom is 0.310 e. The van der Waals surface area contributed by atoms with Gasteiger partial charge in [-0.05, 0) is 53.8 Å². The molecule has 2 aromatic carbocycles. The van der Waals surface area contributed by atoms with Gasteiger partial charge in [-0.1, -0.05) is 18.2 Å². The van der Waals surface area contributed by atoms with E-state index in [1.807, 2.05) is 37.3 Å². The van der Waals surface area contributed by atoms with E-state index in [0.717, 1.165) is 38.1 Å². The van der Waals surface area contributed by atoms with Crippen LogP contribution in [0.25, 0.3) is 22.1 Å². The Morgan fingerprint density at radius 2 is 2.03 bits per heavy atom. The summed E-state index contributed by atoms with van der Waals surface area (Å²) in [5, 5.41) is 3.12. The van der Waals surface area contributed by atoms with Gasteiger partial charge >= 0.3 is 5.97 Å². The van der Waals surface area contributed by atoms with Crippen LogP contribution in [-0.4, -0.2) is 13.1 Å². The summed E-state index contributed by atoms with van der Waals surface area (Å²) in [6.07, 6.45) is 1.87. The molecule has 30 heavy (non-hydrogen) atoms. The second-order valence-corrected chi connectivity index (χ2v) is 8.10. The third-order valence-electron chi connectivity index (χ3n) is 4.92. The molecule has 2 N–H and O–H groups in total. The smallest absolute Gasteiger partial charge is 0.310 e. The summed E-state index contributed by atoms with van der Waals surface area (Å²) in [4.78, 5) is 12.8. The zero-order valence-corrected chi connectivity index (χ0v) is 17.7. The number of hydrogen-bond acceptors (Lipinski definition) is 6. The summed E-state index contributed by atoms with van der Waals surface area (Å²) in [6, 6.07) is 15.7. The van der Waals surface area contributed by atoms with E-state index in [0.29, 0.717) is 12.4 Å². The molecule has 1 atom stereocenters. The Morgan fingerprint density at radius 1 is 1.20 bits per heavy atom. The molecule has 0 bridgehead atoms. The third kappa shape index (κ3) is 4.25. The number of ether oxygens (including phenoxy) is 2. The zero-order chi connectivity index (χ0) is 21.1. The highest BCUT2D eigenvalue weighted by Gasteiger charge is 2.14. The number of nitrogens with two attached hydrogens (primary N) is 1. The van der Waals surface area contributed by atoms with Gasteiger partial charge in [-0.15, -0.1) is 11.3 Å². The molecule has 5 nitrogen and oxygen atoms in total. The SMILES string of the molecule is COC(=O)Cc1ccccc1OCc1cc(-c2csc(C(C)N)c2)c2occc2c1. The lowest BCUT2D eigenvalue weighted by Crippen LogP contribution is -2.06. The molecule has 0 saturated carbocycles.